The van der Waals surface area contributed by atoms with Crippen LogP contribution in [0, 0.1) is 0 Å². The van der Waals surface area contributed by atoms with Crippen LogP contribution >= 0.6 is 0 Å². The molecule has 1 amide bonds. The molecule has 0 aliphatic heterocycles. The summed E-state index contributed by atoms with van der Waals surface area (Å²) in [4.78, 5) is 11.7. The van der Waals surface area contributed by atoms with Gasteiger partial charge in [-0.2, -0.15) is 0 Å². The third-order valence-corrected chi connectivity index (χ3v) is 2.61. The number of hydrogen-bond donors (Lipinski definition) is 2. The number of carbonyl (C=O) groups is 1. The number of hydrogen-bond acceptors (Lipinski definition) is 4. The van der Waals surface area contributed by atoms with Crippen molar-refractivity contribution in [3.05, 3.63) is 48.4 Å². The van der Waals surface area contributed by atoms with Crippen molar-refractivity contribution >= 4 is 6.09 Å². The van der Waals surface area contributed by atoms with E-state index in [0.29, 0.717) is 12.4 Å². The second kappa shape index (κ2) is 8.32. The summed E-state index contributed by atoms with van der Waals surface area (Å²) in [7, 11) is 0. The maximum Gasteiger partial charge on any atom is 0.407 e. The summed E-state index contributed by atoms with van der Waals surface area (Å²) in [5.74, 6) is 0.485. The summed E-state index contributed by atoms with van der Waals surface area (Å²) in [6, 6.07) is 9.44. The second-order valence-corrected chi connectivity index (χ2v) is 6.13. The van der Waals surface area contributed by atoms with Crippen molar-refractivity contribution in [3.8, 4) is 0 Å². The fraction of sp³-hybridized carbons (Fsp3) is 0.471. The molecule has 2 N–H and O–H groups in total. The number of benzene rings is 1. The van der Waals surface area contributed by atoms with Gasteiger partial charge in [0.2, 0.25) is 0 Å². The molecular weight excluding hydrogens is 280 g/mol. The van der Waals surface area contributed by atoms with Crippen molar-refractivity contribution in [1.29, 1.82) is 0 Å². The Morgan fingerprint density at radius 3 is 2.50 bits per heavy atom. The van der Waals surface area contributed by atoms with Crippen LogP contribution in [0.1, 0.15) is 33.3 Å². The van der Waals surface area contributed by atoms with Crippen LogP contribution in [0.4, 0.5) is 4.79 Å². The molecular formula is C17H26N2O3. The summed E-state index contributed by atoms with van der Waals surface area (Å²) in [5.41, 5.74) is 0.658. The molecule has 0 fully saturated rings. The molecule has 0 saturated carbocycles. The van der Waals surface area contributed by atoms with Gasteiger partial charge in [-0.25, -0.2) is 4.79 Å². The maximum absolute atomic E-state index is 11.7. The molecule has 1 atom stereocenters. The monoisotopic (exact) mass is 306 g/mol. The van der Waals surface area contributed by atoms with Crippen LogP contribution < -0.4 is 10.6 Å². The Balaban J connectivity index is 2.22. The minimum Gasteiger partial charge on any atom is -0.474 e. The van der Waals surface area contributed by atoms with Gasteiger partial charge in [-0.15, -0.1) is 0 Å². The minimum absolute atomic E-state index is 0.108. The third kappa shape index (κ3) is 8.19. The number of alkyl carbamates (subject to hydrolysis) is 1. The van der Waals surface area contributed by atoms with Gasteiger partial charge >= 0.3 is 6.09 Å². The van der Waals surface area contributed by atoms with Gasteiger partial charge in [0.1, 0.15) is 12.2 Å². The molecule has 0 aliphatic rings. The van der Waals surface area contributed by atoms with Gasteiger partial charge < -0.3 is 20.1 Å². The Hall–Kier alpha value is -2.17. The zero-order valence-corrected chi connectivity index (χ0v) is 13.8. The lowest BCUT2D eigenvalue weighted by atomic mass is 10.2. The van der Waals surface area contributed by atoms with Crippen LogP contribution in [0.15, 0.2) is 42.8 Å². The van der Waals surface area contributed by atoms with E-state index in [-0.39, 0.29) is 18.2 Å². The van der Waals surface area contributed by atoms with Gasteiger partial charge in [-0.3, -0.25) is 0 Å². The van der Waals surface area contributed by atoms with E-state index in [2.05, 4.69) is 17.2 Å². The van der Waals surface area contributed by atoms with Crippen molar-refractivity contribution in [2.24, 2.45) is 0 Å². The van der Waals surface area contributed by atoms with Crippen LogP contribution in [-0.2, 0) is 16.1 Å². The largest absolute Gasteiger partial charge is 0.474 e. The van der Waals surface area contributed by atoms with Crippen molar-refractivity contribution in [1.82, 2.24) is 10.6 Å². The van der Waals surface area contributed by atoms with Crippen molar-refractivity contribution in [3.63, 3.8) is 0 Å². The zero-order valence-electron chi connectivity index (χ0n) is 13.8. The van der Waals surface area contributed by atoms with Crippen LogP contribution in [0.5, 0.6) is 0 Å². The first-order valence-electron chi connectivity index (χ1n) is 7.35. The Labute approximate surface area is 132 Å². The van der Waals surface area contributed by atoms with E-state index in [1.54, 1.807) is 0 Å². The average Bonchev–Trinajstić information content (AvgIpc) is 2.42. The highest BCUT2D eigenvalue weighted by molar-refractivity contribution is 5.67. The van der Waals surface area contributed by atoms with Crippen molar-refractivity contribution < 1.29 is 14.3 Å². The smallest absolute Gasteiger partial charge is 0.407 e. The highest BCUT2D eigenvalue weighted by Gasteiger charge is 2.13. The van der Waals surface area contributed by atoms with E-state index in [4.69, 9.17) is 9.47 Å². The number of nitrogens with one attached hydrogen (secondary N) is 2. The van der Waals surface area contributed by atoms with Gasteiger partial charge in [-0.1, -0.05) is 30.3 Å². The van der Waals surface area contributed by atoms with Crippen molar-refractivity contribution in [2.75, 3.05) is 6.54 Å². The summed E-state index contributed by atoms with van der Waals surface area (Å²) >= 11 is 0. The second-order valence-electron chi connectivity index (χ2n) is 6.13. The normalized spacial score (nSPS) is 12.2. The number of ether oxygens (including phenoxy) is 2. The molecule has 0 radical (unpaired) electrons. The van der Waals surface area contributed by atoms with Gasteiger partial charge in [-0.05, 0) is 39.8 Å². The van der Waals surface area contributed by atoms with Crippen LogP contribution in [-0.4, -0.2) is 24.3 Å². The number of rotatable bonds is 7. The quantitative estimate of drug-likeness (QED) is 0.760. The van der Waals surface area contributed by atoms with E-state index in [1.807, 2.05) is 58.0 Å². The molecule has 122 valence electrons. The molecule has 0 bridgehead atoms. The predicted octanol–water partition coefficient (Wildman–Crippen LogP) is 3.18. The summed E-state index contributed by atoms with van der Waals surface area (Å²) in [6.45, 7) is 12.3. The summed E-state index contributed by atoms with van der Waals surface area (Å²) < 4.78 is 10.7. The third-order valence-electron chi connectivity index (χ3n) is 2.61. The molecule has 0 aromatic heterocycles. The predicted molar refractivity (Wildman–Crippen MR) is 87.2 cm³/mol. The molecule has 5 nitrogen and oxygen atoms in total. The fourth-order valence-electron chi connectivity index (χ4n) is 1.69. The Bertz CT molecular complexity index is 480. The van der Waals surface area contributed by atoms with E-state index in [0.717, 1.165) is 5.56 Å². The molecule has 1 aromatic carbocycles. The van der Waals surface area contributed by atoms with Crippen molar-refractivity contribution in [2.45, 2.75) is 45.9 Å². The standard InChI is InChI=1S/C17H26N2O3/c1-13(11-18-14(2)22-17(3,4)5)19-16(20)21-12-15-9-7-6-8-10-15/h6-10,13,18H,2,11-12H2,1,3-5H3,(H,19,20)/t13-/m1/s1. The fourth-order valence-corrected chi connectivity index (χ4v) is 1.69. The molecule has 1 aromatic rings. The molecule has 5 heteroatoms. The van der Waals surface area contributed by atoms with E-state index < -0.39 is 6.09 Å². The van der Waals surface area contributed by atoms with Gasteiger partial charge in [0, 0.05) is 12.6 Å². The summed E-state index contributed by atoms with van der Waals surface area (Å²) in [6.07, 6.45) is -0.444. The molecule has 22 heavy (non-hydrogen) atoms. The van der Waals surface area contributed by atoms with E-state index in [1.165, 1.54) is 0 Å². The lowest BCUT2D eigenvalue weighted by molar-refractivity contribution is 0.0409. The van der Waals surface area contributed by atoms with Crippen LogP contribution in [0.3, 0.4) is 0 Å². The Kier molecular flexibility index (Phi) is 6.76. The highest BCUT2D eigenvalue weighted by atomic mass is 16.5. The van der Waals surface area contributed by atoms with E-state index in [9.17, 15) is 4.79 Å². The summed E-state index contributed by atoms with van der Waals surface area (Å²) in [5, 5.41) is 5.78. The van der Waals surface area contributed by atoms with Crippen LogP contribution in [0.2, 0.25) is 0 Å². The molecule has 0 spiro atoms. The highest BCUT2D eigenvalue weighted by Crippen LogP contribution is 2.10. The number of amides is 1. The topological polar surface area (TPSA) is 59.6 Å². The van der Waals surface area contributed by atoms with Gasteiger partial charge in [0.15, 0.2) is 5.88 Å². The molecule has 1 rings (SSSR count). The SMILES string of the molecule is C=C(NC[C@@H](C)NC(=O)OCc1ccccc1)OC(C)(C)C. The molecule has 0 heterocycles. The number of carbonyl (C=O) groups excluding carboxylic acids is 1. The lowest BCUT2D eigenvalue weighted by Gasteiger charge is -2.24. The van der Waals surface area contributed by atoms with Crippen LogP contribution in [0.25, 0.3) is 0 Å². The van der Waals surface area contributed by atoms with Gasteiger partial charge in [0.25, 0.3) is 0 Å². The minimum atomic E-state index is -0.444. The first kappa shape index (κ1) is 17.9. The first-order chi connectivity index (χ1) is 10.3. The Morgan fingerprint density at radius 2 is 1.91 bits per heavy atom. The van der Waals surface area contributed by atoms with E-state index >= 15 is 0 Å². The first-order valence-corrected chi connectivity index (χ1v) is 7.35. The molecule has 0 aliphatic carbocycles. The van der Waals surface area contributed by atoms with Gasteiger partial charge in [0.05, 0.1) is 0 Å². The maximum atomic E-state index is 11.7. The lowest BCUT2D eigenvalue weighted by Crippen LogP contribution is -2.40. The average molecular weight is 306 g/mol. The molecule has 0 saturated heterocycles. The molecule has 0 unspecified atom stereocenters. The zero-order chi connectivity index (χ0) is 16.6. The Morgan fingerprint density at radius 1 is 1.27 bits per heavy atom.